The van der Waals surface area contributed by atoms with Gasteiger partial charge in [0.25, 0.3) is 0 Å². The maximum Gasteiger partial charge on any atom is 0.343 e. The first-order chi connectivity index (χ1) is 17.1. The SMILES string of the molecule is CCCCCCCCCCCC(=O)N/N=C/c1ccc(OC(=O)c2ccc(OCCC)cc2)cc1. The lowest BCUT2D eigenvalue weighted by atomic mass is 10.1. The molecule has 0 spiro atoms. The molecule has 0 aliphatic rings. The predicted octanol–water partition coefficient (Wildman–Crippen LogP) is 7.07. The number of hydrazone groups is 1. The molecule has 2 rings (SSSR count). The maximum atomic E-state index is 12.3. The van der Waals surface area contributed by atoms with E-state index >= 15 is 0 Å². The Hall–Kier alpha value is -3.15. The van der Waals surface area contributed by atoms with E-state index in [1.165, 1.54) is 44.9 Å². The van der Waals surface area contributed by atoms with Gasteiger partial charge in [-0.1, -0.05) is 65.2 Å². The van der Waals surface area contributed by atoms with E-state index in [1.54, 1.807) is 54.7 Å². The Balaban J connectivity index is 1.64. The van der Waals surface area contributed by atoms with Crippen molar-refractivity contribution in [2.24, 2.45) is 5.10 Å². The van der Waals surface area contributed by atoms with Crippen LogP contribution in [0.25, 0.3) is 0 Å². The van der Waals surface area contributed by atoms with Crippen molar-refractivity contribution in [3.63, 3.8) is 0 Å². The van der Waals surface area contributed by atoms with E-state index in [2.05, 4.69) is 17.5 Å². The van der Waals surface area contributed by atoms with E-state index in [0.717, 1.165) is 30.6 Å². The van der Waals surface area contributed by atoms with Crippen LogP contribution in [-0.2, 0) is 4.79 Å². The minimum Gasteiger partial charge on any atom is -0.494 e. The zero-order chi connectivity index (χ0) is 25.1. The molecule has 0 saturated carbocycles. The number of hydrogen-bond acceptors (Lipinski definition) is 5. The van der Waals surface area contributed by atoms with Crippen LogP contribution in [0, 0.1) is 0 Å². The van der Waals surface area contributed by atoms with Crippen LogP contribution in [0.5, 0.6) is 11.5 Å². The second kappa shape index (κ2) is 17.3. The van der Waals surface area contributed by atoms with Crippen LogP contribution >= 0.6 is 0 Å². The summed E-state index contributed by atoms with van der Waals surface area (Å²) in [5.74, 6) is 0.665. The molecule has 0 aliphatic carbocycles. The van der Waals surface area contributed by atoms with Crippen molar-refractivity contribution in [3.8, 4) is 11.5 Å². The van der Waals surface area contributed by atoms with Crippen LogP contribution in [0.15, 0.2) is 53.6 Å². The van der Waals surface area contributed by atoms with E-state index < -0.39 is 5.97 Å². The molecule has 2 aromatic rings. The molecule has 35 heavy (non-hydrogen) atoms. The molecule has 0 atom stereocenters. The highest BCUT2D eigenvalue weighted by atomic mass is 16.5. The summed E-state index contributed by atoms with van der Waals surface area (Å²) in [5, 5.41) is 4.02. The van der Waals surface area contributed by atoms with Crippen LogP contribution < -0.4 is 14.9 Å². The van der Waals surface area contributed by atoms with Gasteiger partial charge in [0.05, 0.1) is 18.4 Å². The van der Waals surface area contributed by atoms with Gasteiger partial charge in [0.15, 0.2) is 0 Å². The topological polar surface area (TPSA) is 77.0 Å². The van der Waals surface area contributed by atoms with Gasteiger partial charge in [-0.2, -0.15) is 5.10 Å². The van der Waals surface area contributed by atoms with Gasteiger partial charge in [0, 0.05) is 6.42 Å². The van der Waals surface area contributed by atoms with Crippen molar-refractivity contribution < 1.29 is 19.1 Å². The molecule has 1 amide bonds. The highest BCUT2D eigenvalue weighted by molar-refractivity contribution is 5.91. The van der Waals surface area contributed by atoms with Crippen molar-refractivity contribution >= 4 is 18.1 Å². The number of rotatable bonds is 17. The average molecular weight is 481 g/mol. The van der Waals surface area contributed by atoms with Crippen LogP contribution in [0.2, 0.25) is 0 Å². The van der Waals surface area contributed by atoms with Crippen molar-refractivity contribution in [3.05, 3.63) is 59.7 Å². The third kappa shape index (κ3) is 12.2. The molecule has 6 nitrogen and oxygen atoms in total. The summed E-state index contributed by atoms with van der Waals surface area (Å²) >= 11 is 0. The fraction of sp³-hybridized carbons (Fsp3) is 0.483. The molecule has 6 heteroatoms. The fourth-order valence-electron chi connectivity index (χ4n) is 3.53. The van der Waals surface area contributed by atoms with Crippen LogP contribution in [0.4, 0.5) is 0 Å². The molecular formula is C29H40N2O4. The highest BCUT2D eigenvalue weighted by Crippen LogP contribution is 2.17. The molecule has 0 radical (unpaired) electrons. The van der Waals surface area contributed by atoms with Gasteiger partial charge < -0.3 is 9.47 Å². The summed E-state index contributed by atoms with van der Waals surface area (Å²) in [7, 11) is 0. The van der Waals surface area contributed by atoms with Gasteiger partial charge in [0.2, 0.25) is 5.91 Å². The molecule has 0 saturated heterocycles. The van der Waals surface area contributed by atoms with Crippen LogP contribution in [0.1, 0.15) is 100 Å². The number of hydrogen-bond donors (Lipinski definition) is 1. The Morgan fingerprint density at radius 3 is 2.00 bits per heavy atom. The first-order valence-electron chi connectivity index (χ1n) is 13.0. The Morgan fingerprint density at radius 1 is 0.771 bits per heavy atom. The lowest BCUT2D eigenvalue weighted by Gasteiger charge is -2.07. The number of unbranched alkanes of at least 4 members (excludes halogenated alkanes) is 8. The molecule has 0 bridgehead atoms. The Labute approximate surface area is 210 Å². The Morgan fingerprint density at radius 2 is 1.37 bits per heavy atom. The summed E-state index contributed by atoms with van der Waals surface area (Å²) < 4.78 is 10.9. The molecule has 2 aromatic carbocycles. The summed E-state index contributed by atoms with van der Waals surface area (Å²) in [6.45, 7) is 4.91. The molecule has 0 heterocycles. The van der Waals surface area contributed by atoms with E-state index in [9.17, 15) is 9.59 Å². The average Bonchev–Trinajstić information content (AvgIpc) is 2.88. The Kier molecular flexibility index (Phi) is 13.9. The van der Waals surface area contributed by atoms with Gasteiger partial charge in [-0.25, -0.2) is 10.2 Å². The summed E-state index contributed by atoms with van der Waals surface area (Å²) in [6.07, 6.45) is 14.0. The van der Waals surface area contributed by atoms with E-state index in [0.29, 0.717) is 24.3 Å². The van der Waals surface area contributed by atoms with Gasteiger partial charge in [-0.3, -0.25) is 4.79 Å². The van der Waals surface area contributed by atoms with Crippen molar-refractivity contribution in [2.75, 3.05) is 6.61 Å². The molecule has 0 aromatic heterocycles. The highest BCUT2D eigenvalue weighted by Gasteiger charge is 2.09. The van der Waals surface area contributed by atoms with Gasteiger partial charge in [-0.15, -0.1) is 0 Å². The molecule has 1 N–H and O–H groups in total. The lowest BCUT2D eigenvalue weighted by molar-refractivity contribution is -0.121. The largest absolute Gasteiger partial charge is 0.494 e. The molecular weight excluding hydrogens is 440 g/mol. The molecule has 190 valence electrons. The monoisotopic (exact) mass is 480 g/mol. The molecule has 0 fully saturated rings. The molecule has 0 unspecified atom stereocenters. The lowest BCUT2D eigenvalue weighted by Crippen LogP contribution is -2.16. The number of esters is 1. The van der Waals surface area contributed by atoms with Crippen LogP contribution in [0.3, 0.4) is 0 Å². The third-order valence-electron chi connectivity index (χ3n) is 5.56. The summed E-state index contributed by atoms with van der Waals surface area (Å²) in [6, 6.07) is 13.8. The quantitative estimate of drug-likeness (QED) is 0.0864. The van der Waals surface area contributed by atoms with E-state index in [-0.39, 0.29) is 5.91 Å². The number of benzene rings is 2. The van der Waals surface area contributed by atoms with E-state index in [4.69, 9.17) is 9.47 Å². The fourth-order valence-corrected chi connectivity index (χ4v) is 3.53. The first-order valence-corrected chi connectivity index (χ1v) is 13.0. The number of nitrogens with one attached hydrogen (secondary N) is 1. The zero-order valence-electron chi connectivity index (χ0n) is 21.3. The van der Waals surface area contributed by atoms with Gasteiger partial charge in [-0.05, 0) is 66.9 Å². The minimum absolute atomic E-state index is 0.0686. The second-order valence-electron chi connectivity index (χ2n) is 8.70. The van der Waals surface area contributed by atoms with Gasteiger partial charge >= 0.3 is 5.97 Å². The van der Waals surface area contributed by atoms with Crippen LogP contribution in [-0.4, -0.2) is 24.7 Å². The Bertz CT molecular complexity index is 892. The maximum absolute atomic E-state index is 12.3. The standard InChI is InChI=1S/C29H40N2O4/c1-3-5-6-7-8-9-10-11-12-13-28(32)31-30-23-24-14-18-27(19-15-24)35-29(33)25-16-20-26(21-17-25)34-22-4-2/h14-21,23H,3-13,22H2,1-2H3,(H,31,32)/b30-23+. The first kappa shape index (κ1) is 28.1. The third-order valence-corrected chi connectivity index (χ3v) is 5.56. The number of carbonyl (C=O) groups excluding carboxylic acids is 2. The smallest absolute Gasteiger partial charge is 0.343 e. The van der Waals surface area contributed by atoms with E-state index in [1.807, 2.05) is 6.92 Å². The number of ether oxygens (including phenoxy) is 2. The normalized spacial score (nSPS) is 10.9. The minimum atomic E-state index is -0.433. The number of nitrogens with zero attached hydrogens (tertiary/aromatic N) is 1. The van der Waals surface area contributed by atoms with Crippen molar-refractivity contribution in [1.29, 1.82) is 0 Å². The number of carbonyl (C=O) groups is 2. The van der Waals surface area contributed by atoms with Crippen molar-refractivity contribution in [2.45, 2.75) is 84.5 Å². The second-order valence-corrected chi connectivity index (χ2v) is 8.70. The van der Waals surface area contributed by atoms with Crippen molar-refractivity contribution in [1.82, 2.24) is 5.43 Å². The number of amides is 1. The summed E-state index contributed by atoms with van der Waals surface area (Å²) in [4.78, 5) is 24.3. The predicted molar refractivity (Wildman–Crippen MR) is 141 cm³/mol. The zero-order valence-corrected chi connectivity index (χ0v) is 21.3. The van der Waals surface area contributed by atoms with Gasteiger partial charge in [0.1, 0.15) is 11.5 Å². The molecule has 0 aliphatic heterocycles. The summed E-state index contributed by atoms with van der Waals surface area (Å²) in [5.41, 5.74) is 3.83.